The van der Waals surface area contributed by atoms with E-state index >= 15 is 0 Å². The summed E-state index contributed by atoms with van der Waals surface area (Å²) in [7, 11) is 0. The van der Waals surface area contributed by atoms with Crippen molar-refractivity contribution in [1.29, 1.82) is 0 Å². The molecule has 0 spiro atoms. The van der Waals surface area contributed by atoms with Crippen molar-refractivity contribution in [2.24, 2.45) is 0 Å². The molecule has 2 aromatic rings. The number of carboxylic acids is 1. The number of hydrogen-bond acceptors (Lipinski definition) is 2. The Morgan fingerprint density at radius 1 is 1.04 bits per heavy atom. The van der Waals surface area contributed by atoms with Crippen LogP contribution in [0.15, 0.2) is 54.6 Å². The first-order valence-electron chi connectivity index (χ1n) is 9.85. The number of aliphatic hydroxyl groups is 1. The molecule has 144 valence electrons. The van der Waals surface area contributed by atoms with E-state index in [0.29, 0.717) is 6.42 Å². The van der Waals surface area contributed by atoms with Crippen molar-refractivity contribution in [3.63, 3.8) is 0 Å². The highest BCUT2D eigenvalue weighted by molar-refractivity contribution is 5.66. The largest absolute Gasteiger partial charge is 0.481 e. The van der Waals surface area contributed by atoms with Crippen LogP contribution in [0, 0.1) is 0 Å². The van der Waals surface area contributed by atoms with Crippen LogP contribution in [-0.4, -0.2) is 16.2 Å². The third-order valence-electron chi connectivity index (χ3n) is 4.66. The van der Waals surface area contributed by atoms with Gasteiger partial charge in [-0.05, 0) is 54.0 Å². The number of carboxylic acid groups (broad SMARTS) is 1. The number of rotatable bonds is 11. The summed E-state index contributed by atoms with van der Waals surface area (Å²) in [5, 5.41) is 19.4. The second kappa shape index (κ2) is 11.3. The van der Waals surface area contributed by atoms with Crippen molar-refractivity contribution < 1.29 is 15.0 Å². The van der Waals surface area contributed by atoms with Gasteiger partial charge in [0.15, 0.2) is 0 Å². The number of benzene rings is 2. The molecule has 0 amide bonds. The summed E-state index contributed by atoms with van der Waals surface area (Å²) >= 11 is 0. The van der Waals surface area contributed by atoms with Crippen LogP contribution in [0.5, 0.6) is 0 Å². The number of aliphatic carboxylic acids is 1. The summed E-state index contributed by atoms with van der Waals surface area (Å²) in [5.41, 5.74) is 4.09. The second-order valence-electron chi connectivity index (χ2n) is 6.96. The maximum absolute atomic E-state index is 10.7. The minimum Gasteiger partial charge on any atom is -0.481 e. The molecular weight excluding hydrogens is 336 g/mol. The lowest BCUT2D eigenvalue weighted by molar-refractivity contribution is -0.137. The van der Waals surface area contributed by atoms with E-state index in [1.54, 1.807) is 0 Å². The van der Waals surface area contributed by atoms with E-state index in [0.717, 1.165) is 29.5 Å². The molecule has 3 heteroatoms. The summed E-state index contributed by atoms with van der Waals surface area (Å²) < 4.78 is 0. The molecule has 0 radical (unpaired) electrons. The maximum Gasteiger partial charge on any atom is 0.303 e. The van der Waals surface area contributed by atoms with Gasteiger partial charge in [0.25, 0.3) is 0 Å². The summed E-state index contributed by atoms with van der Waals surface area (Å²) in [6.45, 7) is 2.21. The molecule has 0 saturated heterocycles. The van der Waals surface area contributed by atoms with E-state index in [9.17, 15) is 9.90 Å². The number of aryl methyl sites for hydroxylation is 1. The van der Waals surface area contributed by atoms with Crippen LogP contribution in [0.3, 0.4) is 0 Å². The fraction of sp³-hybridized carbons (Fsp3) is 0.375. The second-order valence-corrected chi connectivity index (χ2v) is 6.96. The summed E-state index contributed by atoms with van der Waals surface area (Å²) in [5.74, 6) is -0.759. The van der Waals surface area contributed by atoms with E-state index in [1.165, 1.54) is 24.8 Å². The van der Waals surface area contributed by atoms with Gasteiger partial charge >= 0.3 is 5.97 Å². The Morgan fingerprint density at radius 3 is 2.52 bits per heavy atom. The molecule has 0 fully saturated rings. The van der Waals surface area contributed by atoms with Crippen molar-refractivity contribution in [1.82, 2.24) is 0 Å². The highest BCUT2D eigenvalue weighted by Crippen LogP contribution is 2.24. The number of hydrogen-bond donors (Lipinski definition) is 2. The molecular formula is C24H30O3. The van der Waals surface area contributed by atoms with Gasteiger partial charge in [-0.3, -0.25) is 4.79 Å². The van der Waals surface area contributed by atoms with Gasteiger partial charge < -0.3 is 10.2 Å². The topological polar surface area (TPSA) is 57.5 Å². The predicted molar refractivity (Wildman–Crippen MR) is 111 cm³/mol. The normalized spacial score (nSPS) is 12.4. The van der Waals surface area contributed by atoms with Crippen molar-refractivity contribution in [3.05, 3.63) is 76.9 Å². The third-order valence-corrected chi connectivity index (χ3v) is 4.66. The van der Waals surface area contributed by atoms with Gasteiger partial charge in [0, 0.05) is 6.42 Å². The van der Waals surface area contributed by atoms with Crippen molar-refractivity contribution >= 4 is 12.0 Å². The molecule has 0 aliphatic carbocycles. The maximum atomic E-state index is 10.7. The Bertz CT molecular complexity index is 732. The zero-order valence-electron chi connectivity index (χ0n) is 16.1. The Labute approximate surface area is 162 Å². The van der Waals surface area contributed by atoms with Gasteiger partial charge in [0.2, 0.25) is 0 Å². The van der Waals surface area contributed by atoms with Gasteiger partial charge in [-0.15, -0.1) is 0 Å². The molecule has 0 aliphatic rings. The van der Waals surface area contributed by atoms with Crippen molar-refractivity contribution in [2.45, 2.75) is 58.0 Å². The highest BCUT2D eigenvalue weighted by Gasteiger charge is 2.10. The van der Waals surface area contributed by atoms with E-state index in [-0.39, 0.29) is 6.42 Å². The van der Waals surface area contributed by atoms with E-state index in [4.69, 9.17) is 5.11 Å². The van der Waals surface area contributed by atoms with Crippen molar-refractivity contribution in [2.75, 3.05) is 0 Å². The fourth-order valence-electron chi connectivity index (χ4n) is 3.06. The molecule has 3 nitrogen and oxygen atoms in total. The van der Waals surface area contributed by atoms with Crippen LogP contribution in [0.2, 0.25) is 0 Å². The zero-order chi connectivity index (χ0) is 19.5. The van der Waals surface area contributed by atoms with Gasteiger partial charge in [0.1, 0.15) is 6.10 Å². The quantitative estimate of drug-likeness (QED) is 0.496. The van der Waals surface area contributed by atoms with Gasteiger partial charge in [-0.1, -0.05) is 74.4 Å². The lowest BCUT2D eigenvalue weighted by Gasteiger charge is -2.13. The molecule has 0 aliphatic heterocycles. The average Bonchev–Trinajstić information content (AvgIpc) is 2.68. The molecule has 27 heavy (non-hydrogen) atoms. The Balaban J connectivity index is 1.96. The van der Waals surface area contributed by atoms with Crippen LogP contribution in [0.4, 0.5) is 0 Å². The van der Waals surface area contributed by atoms with E-state index in [2.05, 4.69) is 19.1 Å². The van der Waals surface area contributed by atoms with Crippen LogP contribution in [0.1, 0.15) is 73.8 Å². The van der Waals surface area contributed by atoms with Crippen molar-refractivity contribution in [3.8, 4) is 0 Å². The number of carbonyl (C=O) groups is 1. The highest BCUT2D eigenvalue weighted by atomic mass is 16.4. The summed E-state index contributed by atoms with van der Waals surface area (Å²) in [4.78, 5) is 10.5. The SMILES string of the molecule is CCCCCc1ccc(C(O)c2cccc(C=CCCCC(=O)O)c2)cc1. The van der Waals surface area contributed by atoms with Crippen LogP contribution in [0.25, 0.3) is 6.08 Å². The summed E-state index contributed by atoms with van der Waals surface area (Å²) in [6, 6.07) is 16.1. The molecule has 0 bridgehead atoms. The molecule has 1 atom stereocenters. The Kier molecular flexibility index (Phi) is 8.79. The van der Waals surface area contributed by atoms with E-state index in [1.807, 2.05) is 48.6 Å². The van der Waals surface area contributed by atoms with Crippen LogP contribution >= 0.6 is 0 Å². The van der Waals surface area contributed by atoms with E-state index < -0.39 is 12.1 Å². The Morgan fingerprint density at radius 2 is 1.81 bits per heavy atom. The van der Waals surface area contributed by atoms with Gasteiger partial charge in [0.05, 0.1) is 0 Å². The standard InChI is InChI=1S/C24H30O3/c1-2-3-5-9-19-14-16-21(17-15-19)24(27)22-12-8-11-20(18-22)10-6-4-7-13-23(25)26/h6,8,10-12,14-18,24,27H,2-5,7,9,13H2,1H3,(H,25,26). The average molecular weight is 367 g/mol. The number of allylic oxidation sites excluding steroid dienone is 1. The smallest absolute Gasteiger partial charge is 0.303 e. The molecule has 0 heterocycles. The number of unbranched alkanes of at least 4 members (excludes halogenated alkanes) is 3. The van der Waals surface area contributed by atoms with Crippen LogP contribution in [-0.2, 0) is 11.2 Å². The molecule has 0 saturated carbocycles. The fourth-order valence-corrected chi connectivity index (χ4v) is 3.06. The molecule has 2 N–H and O–H groups in total. The molecule has 1 unspecified atom stereocenters. The lowest BCUT2D eigenvalue weighted by atomic mass is 9.97. The lowest BCUT2D eigenvalue weighted by Crippen LogP contribution is -2.00. The zero-order valence-corrected chi connectivity index (χ0v) is 16.1. The monoisotopic (exact) mass is 366 g/mol. The third kappa shape index (κ3) is 7.40. The minimum absolute atomic E-state index is 0.192. The van der Waals surface area contributed by atoms with Gasteiger partial charge in [-0.2, -0.15) is 0 Å². The first kappa shape index (κ1) is 20.9. The Hall–Kier alpha value is -2.39. The van der Waals surface area contributed by atoms with Gasteiger partial charge in [-0.25, -0.2) is 0 Å². The summed E-state index contributed by atoms with van der Waals surface area (Å²) in [6.07, 6.45) is 9.66. The first-order chi connectivity index (χ1) is 13.1. The molecule has 2 rings (SSSR count). The molecule has 2 aromatic carbocycles. The van der Waals surface area contributed by atoms with Crippen LogP contribution < -0.4 is 0 Å². The minimum atomic E-state index is -0.759. The molecule has 0 aromatic heterocycles. The first-order valence-corrected chi connectivity index (χ1v) is 9.85. The predicted octanol–water partition coefficient (Wildman–Crippen LogP) is 5.77. The number of aliphatic hydroxyl groups excluding tert-OH is 1.